The van der Waals surface area contributed by atoms with E-state index < -0.39 is 0 Å². The van der Waals surface area contributed by atoms with Gasteiger partial charge in [0.2, 0.25) is 5.06 Å². The summed E-state index contributed by atoms with van der Waals surface area (Å²) >= 11 is 1.15. The van der Waals surface area contributed by atoms with E-state index in [0.717, 1.165) is 22.6 Å². The van der Waals surface area contributed by atoms with Crippen molar-refractivity contribution in [1.82, 2.24) is 4.98 Å². The van der Waals surface area contributed by atoms with Gasteiger partial charge in [-0.1, -0.05) is 29.5 Å². The molecular formula is C20H20FN3O3S. The Bertz CT molecular complexity index is 963. The van der Waals surface area contributed by atoms with Gasteiger partial charge in [0, 0.05) is 25.9 Å². The van der Waals surface area contributed by atoms with E-state index in [1.807, 2.05) is 31.2 Å². The number of carbonyl (C=O) groups is 1. The molecule has 0 bridgehead atoms. The molecule has 1 N–H and O–H groups in total. The lowest BCUT2D eigenvalue weighted by atomic mass is 10.1. The maximum atomic E-state index is 13.2. The number of nitrogens with one attached hydrogen (secondary N) is 1. The molecule has 1 atom stereocenters. The molecule has 0 spiro atoms. The molecule has 2 amide bonds. The molecule has 0 saturated heterocycles. The number of ether oxygens (including phenoxy) is 2. The SMILES string of the molecule is CO[C@H](C)c1cccc(N(C)C(=O)Nc2ncc(Oc3cccc(F)c3)s2)c1. The zero-order valence-electron chi connectivity index (χ0n) is 15.7. The molecule has 3 rings (SSSR count). The summed E-state index contributed by atoms with van der Waals surface area (Å²) in [5.41, 5.74) is 1.70. The highest BCUT2D eigenvalue weighted by Crippen LogP contribution is 2.31. The summed E-state index contributed by atoms with van der Waals surface area (Å²) in [4.78, 5) is 18.2. The number of urea groups is 1. The minimum Gasteiger partial charge on any atom is -0.445 e. The van der Waals surface area contributed by atoms with E-state index in [2.05, 4.69) is 10.3 Å². The Balaban J connectivity index is 1.65. The smallest absolute Gasteiger partial charge is 0.327 e. The third-order valence-corrected chi connectivity index (χ3v) is 4.89. The molecule has 0 fully saturated rings. The van der Waals surface area contributed by atoms with Crippen molar-refractivity contribution in [3.63, 3.8) is 0 Å². The zero-order chi connectivity index (χ0) is 20.1. The predicted molar refractivity (Wildman–Crippen MR) is 108 cm³/mol. The average molecular weight is 401 g/mol. The largest absolute Gasteiger partial charge is 0.445 e. The van der Waals surface area contributed by atoms with Crippen molar-refractivity contribution in [2.45, 2.75) is 13.0 Å². The number of halogens is 1. The van der Waals surface area contributed by atoms with E-state index in [1.165, 1.54) is 23.2 Å². The Kier molecular flexibility index (Phi) is 6.23. The van der Waals surface area contributed by atoms with Crippen LogP contribution < -0.4 is 15.0 Å². The van der Waals surface area contributed by atoms with Crippen LogP contribution in [0.2, 0.25) is 0 Å². The molecule has 0 aliphatic rings. The normalized spacial score (nSPS) is 11.7. The predicted octanol–water partition coefficient (Wildman–Crippen LogP) is 5.45. The highest BCUT2D eigenvalue weighted by molar-refractivity contribution is 7.17. The van der Waals surface area contributed by atoms with Crippen LogP contribution in [0.4, 0.5) is 20.0 Å². The molecule has 2 aromatic carbocycles. The molecule has 8 heteroatoms. The number of rotatable bonds is 6. The lowest BCUT2D eigenvalue weighted by Gasteiger charge is -2.19. The fraction of sp³-hybridized carbons (Fsp3) is 0.200. The van der Waals surface area contributed by atoms with Gasteiger partial charge in [-0.05, 0) is 36.8 Å². The monoisotopic (exact) mass is 401 g/mol. The lowest BCUT2D eigenvalue weighted by molar-refractivity contribution is 0.119. The number of anilines is 2. The van der Waals surface area contributed by atoms with Crippen LogP contribution in [-0.2, 0) is 4.74 Å². The Morgan fingerprint density at radius 1 is 1.25 bits per heavy atom. The van der Waals surface area contributed by atoms with Gasteiger partial charge in [-0.25, -0.2) is 14.2 Å². The van der Waals surface area contributed by atoms with Crippen LogP contribution in [0.5, 0.6) is 10.8 Å². The van der Waals surface area contributed by atoms with Gasteiger partial charge >= 0.3 is 6.03 Å². The van der Waals surface area contributed by atoms with Gasteiger partial charge in [-0.15, -0.1) is 0 Å². The van der Waals surface area contributed by atoms with Crippen molar-refractivity contribution in [2.24, 2.45) is 0 Å². The van der Waals surface area contributed by atoms with Gasteiger partial charge in [-0.3, -0.25) is 10.2 Å². The molecular weight excluding hydrogens is 381 g/mol. The lowest BCUT2D eigenvalue weighted by Crippen LogP contribution is -2.31. The van der Waals surface area contributed by atoms with E-state index >= 15 is 0 Å². The van der Waals surface area contributed by atoms with Gasteiger partial charge in [-0.2, -0.15) is 0 Å². The number of benzene rings is 2. The van der Waals surface area contributed by atoms with Crippen molar-refractivity contribution in [1.29, 1.82) is 0 Å². The second kappa shape index (κ2) is 8.81. The molecule has 0 radical (unpaired) electrons. The van der Waals surface area contributed by atoms with E-state index in [-0.39, 0.29) is 18.0 Å². The first-order chi connectivity index (χ1) is 13.5. The number of nitrogens with zero attached hydrogens (tertiary/aromatic N) is 2. The van der Waals surface area contributed by atoms with Gasteiger partial charge in [0.15, 0.2) is 5.13 Å². The molecule has 3 aromatic rings. The van der Waals surface area contributed by atoms with Gasteiger partial charge < -0.3 is 9.47 Å². The van der Waals surface area contributed by atoms with E-state index in [0.29, 0.717) is 15.9 Å². The first-order valence-corrected chi connectivity index (χ1v) is 9.34. The molecule has 6 nitrogen and oxygen atoms in total. The van der Waals surface area contributed by atoms with Gasteiger partial charge in [0.1, 0.15) is 11.6 Å². The summed E-state index contributed by atoms with van der Waals surface area (Å²) in [5.74, 6) is -0.0232. The Hall–Kier alpha value is -2.97. The van der Waals surface area contributed by atoms with Crippen molar-refractivity contribution < 1.29 is 18.7 Å². The topological polar surface area (TPSA) is 63.7 Å². The highest BCUT2D eigenvalue weighted by atomic mass is 32.1. The van der Waals surface area contributed by atoms with E-state index in [9.17, 15) is 9.18 Å². The van der Waals surface area contributed by atoms with E-state index in [1.54, 1.807) is 26.3 Å². The van der Waals surface area contributed by atoms with Crippen LogP contribution in [0.3, 0.4) is 0 Å². The number of hydrogen-bond donors (Lipinski definition) is 1. The number of carbonyl (C=O) groups excluding carboxylic acids is 1. The number of amides is 2. The maximum Gasteiger partial charge on any atom is 0.327 e. The Labute approximate surface area is 166 Å². The summed E-state index contributed by atoms with van der Waals surface area (Å²) < 4.78 is 24.1. The Morgan fingerprint density at radius 2 is 2.04 bits per heavy atom. The molecule has 0 aliphatic heterocycles. The average Bonchev–Trinajstić information content (AvgIpc) is 3.13. The second-order valence-electron chi connectivity index (χ2n) is 6.01. The highest BCUT2D eigenvalue weighted by Gasteiger charge is 2.15. The summed E-state index contributed by atoms with van der Waals surface area (Å²) in [6.07, 6.45) is 1.41. The van der Waals surface area contributed by atoms with Gasteiger partial charge in [0.25, 0.3) is 0 Å². The quantitative estimate of drug-likeness (QED) is 0.596. The minimum atomic E-state index is -0.387. The van der Waals surface area contributed by atoms with Crippen LogP contribution in [0.1, 0.15) is 18.6 Å². The zero-order valence-corrected chi connectivity index (χ0v) is 16.5. The fourth-order valence-corrected chi connectivity index (χ4v) is 3.10. The number of hydrogen-bond acceptors (Lipinski definition) is 5. The van der Waals surface area contributed by atoms with Crippen LogP contribution in [-0.4, -0.2) is 25.2 Å². The molecule has 0 aliphatic carbocycles. The second-order valence-corrected chi connectivity index (χ2v) is 7.00. The standard InChI is InChI=1S/C20H20FN3O3S/c1-13(26-3)14-6-4-8-16(10-14)24(2)20(25)23-19-22-12-18(28-19)27-17-9-5-7-15(21)11-17/h4-13H,1-3H3,(H,22,23,25)/t13-/m1/s1. The van der Waals surface area contributed by atoms with Crippen molar-refractivity contribution in [3.05, 3.63) is 66.1 Å². The third kappa shape index (κ3) is 4.85. The molecule has 1 aromatic heterocycles. The number of thiazole rings is 1. The van der Waals surface area contributed by atoms with Crippen LogP contribution in [0.15, 0.2) is 54.7 Å². The number of aromatic nitrogens is 1. The van der Waals surface area contributed by atoms with Crippen LogP contribution in [0.25, 0.3) is 0 Å². The molecule has 146 valence electrons. The molecule has 28 heavy (non-hydrogen) atoms. The summed E-state index contributed by atoms with van der Waals surface area (Å²) in [7, 11) is 3.31. The first kappa shape index (κ1) is 19.8. The minimum absolute atomic E-state index is 0.0714. The van der Waals surface area contributed by atoms with Crippen LogP contribution in [0, 0.1) is 5.82 Å². The third-order valence-electron chi connectivity index (χ3n) is 4.10. The van der Waals surface area contributed by atoms with E-state index in [4.69, 9.17) is 9.47 Å². The maximum absolute atomic E-state index is 13.2. The Morgan fingerprint density at radius 3 is 2.79 bits per heavy atom. The van der Waals surface area contributed by atoms with Crippen molar-refractivity contribution in [3.8, 4) is 10.8 Å². The molecule has 1 heterocycles. The fourth-order valence-electron chi connectivity index (χ4n) is 2.43. The van der Waals surface area contributed by atoms with Crippen molar-refractivity contribution in [2.75, 3.05) is 24.4 Å². The summed E-state index contributed by atoms with van der Waals surface area (Å²) in [6.45, 7) is 1.94. The molecule has 0 unspecified atom stereocenters. The summed E-state index contributed by atoms with van der Waals surface area (Å²) in [5, 5.41) is 3.55. The molecule has 0 saturated carbocycles. The van der Waals surface area contributed by atoms with Gasteiger partial charge in [0.05, 0.1) is 12.3 Å². The first-order valence-electron chi connectivity index (χ1n) is 8.53. The summed E-state index contributed by atoms with van der Waals surface area (Å²) in [6, 6.07) is 13.0. The van der Waals surface area contributed by atoms with Crippen molar-refractivity contribution >= 4 is 28.2 Å². The number of methoxy groups -OCH3 is 1. The van der Waals surface area contributed by atoms with Crippen LogP contribution >= 0.6 is 11.3 Å².